The molecule has 3 nitrogen and oxygen atoms in total. The predicted octanol–water partition coefficient (Wildman–Crippen LogP) is 2.03. The Labute approximate surface area is 95.0 Å². The van der Waals surface area contributed by atoms with E-state index in [-0.39, 0.29) is 5.78 Å². The molecular formula is C13H16O3. The van der Waals surface area contributed by atoms with Gasteiger partial charge in [-0.2, -0.15) is 0 Å². The molecule has 2 rings (SSSR count). The number of hydrogen-bond acceptors (Lipinski definition) is 3. The molecule has 1 saturated carbocycles. The highest BCUT2D eigenvalue weighted by atomic mass is 16.5. The number of hydrogen-bond donors (Lipinski definition) is 1. The van der Waals surface area contributed by atoms with Gasteiger partial charge in [0.25, 0.3) is 0 Å². The van der Waals surface area contributed by atoms with Crippen LogP contribution in [0, 0.1) is 0 Å². The molecule has 86 valence electrons. The Morgan fingerprint density at radius 2 is 1.88 bits per heavy atom. The minimum absolute atomic E-state index is 0.236. The first-order valence-corrected chi connectivity index (χ1v) is 5.53. The molecular weight excluding hydrogens is 204 g/mol. The number of carbonyl (C=O) groups is 1. The van der Waals surface area contributed by atoms with Gasteiger partial charge in [-0.15, -0.1) is 0 Å². The molecule has 0 heterocycles. The fourth-order valence-corrected chi connectivity index (χ4v) is 2.24. The van der Waals surface area contributed by atoms with Crippen LogP contribution in [0.15, 0.2) is 24.3 Å². The van der Waals surface area contributed by atoms with Crippen LogP contribution in [0.3, 0.4) is 0 Å². The molecule has 0 saturated heterocycles. The van der Waals surface area contributed by atoms with Crippen LogP contribution in [0.25, 0.3) is 0 Å². The summed E-state index contributed by atoms with van der Waals surface area (Å²) in [6.45, 7) is 0. The fourth-order valence-electron chi connectivity index (χ4n) is 2.24. The Morgan fingerprint density at radius 3 is 2.50 bits per heavy atom. The maximum atomic E-state index is 11.2. The van der Waals surface area contributed by atoms with E-state index in [1.807, 2.05) is 24.3 Å². The lowest BCUT2D eigenvalue weighted by Gasteiger charge is -2.32. The van der Waals surface area contributed by atoms with Gasteiger partial charge in [-0.1, -0.05) is 18.2 Å². The molecule has 1 aliphatic rings. The normalized spacial score (nSPS) is 19.5. The van der Waals surface area contributed by atoms with Crippen LogP contribution in [-0.4, -0.2) is 18.0 Å². The van der Waals surface area contributed by atoms with Crippen molar-refractivity contribution in [2.75, 3.05) is 7.11 Å². The second-order valence-electron chi connectivity index (χ2n) is 4.27. The standard InChI is InChI=1S/C13H16O3/c1-16-12-5-3-2-4-11(12)13(15)8-6-10(14)7-9-13/h2-5,15H,6-9H2,1H3. The van der Waals surface area contributed by atoms with E-state index in [4.69, 9.17) is 4.74 Å². The van der Waals surface area contributed by atoms with Gasteiger partial charge in [0.2, 0.25) is 0 Å². The minimum atomic E-state index is -0.902. The number of benzene rings is 1. The molecule has 1 aliphatic carbocycles. The lowest BCUT2D eigenvalue weighted by Crippen LogP contribution is -2.31. The summed E-state index contributed by atoms with van der Waals surface area (Å²) in [7, 11) is 1.59. The quantitative estimate of drug-likeness (QED) is 0.829. The van der Waals surface area contributed by atoms with Crippen LogP contribution in [0.2, 0.25) is 0 Å². The van der Waals surface area contributed by atoms with Gasteiger partial charge < -0.3 is 9.84 Å². The number of ether oxygens (including phenoxy) is 1. The highest BCUT2D eigenvalue weighted by Crippen LogP contribution is 2.39. The number of rotatable bonds is 2. The summed E-state index contributed by atoms with van der Waals surface area (Å²) in [5.74, 6) is 0.930. The van der Waals surface area contributed by atoms with E-state index in [9.17, 15) is 9.90 Å². The average molecular weight is 220 g/mol. The van der Waals surface area contributed by atoms with Crippen molar-refractivity contribution in [1.29, 1.82) is 0 Å². The number of ketones is 1. The smallest absolute Gasteiger partial charge is 0.133 e. The summed E-state index contributed by atoms with van der Waals surface area (Å²) in [6.07, 6.45) is 1.89. The largest absolute Gasteiger partial charge is 0.496 e. The van der Waals surface area contributed by atoms with Crippen molar-refractivity contribution in [3.8, 4) is 5.75 Å². The van der Waals surface area contributed by atoms with E-state index >= 15 is 0 Å². The Hall–Kier alpha value is -1.35. The van der Waals surface area contributed by atoms with E-state index in [0.29, 0.717) is 31.4 Å². The van der Waals surface area contributed by atoms with Crippen molar-refractivity contribution in [1.82, 2.24) is 0 Å². The molecule has 1 fully saturated rings. The Balaban J connectivity index is 2.32. The van der Waals surface area contributed by atoms with Crippen molar-refractivity contribution in [2.45, 2.75) is 31.3 Å². The van der Waals surface area contributed by atoms with Crippen LogP contribution in [0.5, 0.6) is 5.75 Å². The molecule has 0 amide bonds. The van der Waals surface area contributed by atoms with Gasteiger partial charge in [0, 0.05) is 18.4 Å². The third kappa shape index (κ3) is 1.95. The average Bonchev–Trinajstić information content (AvgIpc) is 2.33. The molecule has 0 unspecified atom stereocenters. The van der Waals surface area contributed by atoms with Crippen molar-refractivity contribution in [3.63, 3.8) is 0 Å². The topological polar surface area (TPSA) is 46.5 Å². The Bertz CT molecular complexity index is 388. The van der Waals surface area contributed by atoms with Gasteiger partial charge in [0.15, 0.2) is 0 Å². The summed E-state index contributed by atoms with van der Waals surface area (Å²) in [6, 6.07) is 7.46. The van der Waals surface area contributed by atoms with Gasteiger partial charge in [-0.05, 0) is 18.9 Å². The second-order valence-corrected chi connectivity index (χ2v) is 4.27. The van der Waals surface area contributed by atoms with Gasteiger partial charge >= 0.3 is 0 Å². The van der Waals surface area contributed by atoms with Gasteiger partial charge in [0.1, 0.15) is 11.5 Å². The summed E-state index contributed by atoms with van der Waals surface area (Å²) < 4.78 is 5.25. The number of methoxy groups -OCH3 is 1. The molecule has 1 aromatic rings. The third-order valence-electron chi connectivity index (χ3n) is 3.24. The highest BCUT2D eigenvalue weighted by molar-refractivity contribution is 5.79. The lowest BCUT2D eigenvalue weighted by atomic mass is 9.79. The van der Waals surface area contributed by atoms with Crippen molar-refractivity contribution >= 4 is 5.78 Å². The number of carbonyl (C=O) groups excluding carboxylic acids is 1. The maximum absolute atomic E-state index is 11.2. The lowest BCUT2D eigenvalue weighted by molar-refractivity contribution is -0.125. The first-order chi connectivity index (χ1) is 7.65. The molecule has 0 bridgehead atoms. The summed E-state index contributed by atoms with van der Waals surface area (Å²) in [4.78, 5) is 11.2. The van der Waals surface area contributed by atoms with Crippen molar-refractivity contribution in [2.24, 2.45) is 0 Å². The molecule has 0 aromatic heterocycles. The fraction of sp³-hybridized carbons (Fsp3) is 0.462. The molecule has 16 heavy (non-hydrogen) atoms. The van der Waals surface area contributed by atoms with Crippen LogP contribution < -0.4 is 4.74 Å². The molecule has 1 aromatic carbocycles. The van der Waals surface area contributed by atoms with E-state index < -0.39 is 5.60 Å². The van der Waals surface area contributed by atoms with E-state index in [1.165, 1.54) is 0 Å². The minimum Gasteiger partial charge on any atom is -0.496 e. The molecule has 0 aliphatic heterocycles. The predicted molar refractivity (Wildman–Crippen MR) is 60.4 cm³/mol. The zero-order chi connectivity index (χ0) is 11.6. The molecule has 0 spiro atoms. The SMILES string of the molecule is COc1ccccc1C1(O)CCC(=O)CC1. The Morgan fingerprint density at radius 1 is 1.25 bits per heavy atom. The number of para-hydroxylation sites is 1. The van der Waals surface area contributed by atoms with Crippen molar-refractivity contribution in [3.05, 3.63) is 29.8 Å². The second kappa shape index (κ2) is 4.26. The van der Waals surface area contributed by atoms with E-state index in [1.54, 1.807) is 7.11 Å². The highest BCUT2D eigenvalue weighted by Gasteiger charge is 2.35. The molecule has 3 heteroatoms. The molecule has 1 N–H and O–H groups in total. The zero-order valence-electron chi connectivity index (χ0n) is 9.40. The number of Topliss-reactive ketones (excluding diaryl/α,β-unsaturated/α-hetero) is 1. The molecule has 0 atom stereocenters. The first kappa shape index (κ1) is 11.1. The zero-order valence-corrected chi connectivity index (χ0v) is 9.40. The van der Waals surface area contributed by atoms with Crippen LogP contribution in [-0.2, 0) is 10.4 Å². The van der Waals surface area contributed by atoms with Gasteiger partial charge in [-0.25, -0.2) is 0 Å². The van der Waals surface area contributed by atoms with Gasteiger partial charge in [0.05, 0.1) is 12.7 Å². The number of aliphatic hydroxyl groups is 1. The summed E-state index contributed by atoms with van der Waals surface area (Å²) in [5.41, 5.74) is -0.106. The summed E-state index contributed by atoms with van der Waals surface area (Å²) in [5, 5.41) is 10.5. The van der Waals surface area contributed by atoms with Crippen molar-refractivity contribution < 1.29 is 14.6 Å². The Kier molecular flexibility index (Phi) is 2.97. The summed E-state index contributed by atoms with van der Waals surface area (Å²) >= 11 is 0. The first-order valence-electron chi connectivity index (χ1n) is 5.53. The van der Waals surface area contributed by atoms with Gasteiger partial charge in [-0.3, -0.25) is 4.79 Å². The van der Waals surface area contributed by atoms with E-state index in [2.05, 4.69) is 0 Å². The van der Waals surface area contributed by atoms with E-state index in [0.717, 1.165) is 5.56 Å². The van der Waals surface area contributed by atoms with Crippen LogP contribution in [0.4, 0.5) is 0 Å². The third-order valence-corrected chi connectivity index (χ3v) is 3.24. The van der Waals surface area contributed by atoms with Crippen LogP contribution in [0.1, 0.15) is 31.2 Å². The van der Waals surface area contributed by atoms with Crippen LogP contribution >= 0.6 is 0 Å². The monoisotopic (exact) mass is 220 g/mol. The maximum Gasteiger partial charge on any atom is 0.133 e. The molecule has 0 radical (unpaired) electrons.